The minimum absolute atomic E-state index is 0.00217. The molecular formula is C23H21N3O4. The number of morpholine rings is 1. The van der Waals surface area contributed by atoms with Gasteiger partial charge in [0.25, 0.3) is 11.8 Å². The van der Waals surface area contributed by atoms with Crippen LogP contribution in [0.1, 0.15) is 11.1 Å². The first-order chi connectivity index (χ1) is 14.7. The zero-order valence-corrected chi connectivity index (χ0v) is 16.3. The number of nitrogens with zero attached hydrogens (tertiary/aromatic N) is 1. The Kier molecular flexibility index (Phi) is 4.72. The monoisotopic (exact) mass is 403 g/mol. The van der Waals surface area contributed by atoms with Crippen molar-refractivity contribution in [3.8, 4) is 5.75 Å². The van der Waals surface area contributed by atoms with Crippen LogP contribution in [0.25, 0.3) is 11.6 Å². The molecule has 7 nitrogen and oxygen atoms in total. The molecule has 2 aromatic rings. The van der Waals surface area contributed by atoms with Crippen LogP contribution in [-0.2, 0) is 14.3 Å². The third kappa shape index (κ3) is 3.44. The van der Waals surface area contributed by atoms with Gasteiger partial charge >= 0.3 is 0 Å². The molecule has 0 radical (unpaired) electrons. The fraction of sp³-hybridized carbons (Fsp3) is 0.217. The number of allylic oxidation sites excluding steroid dienone is 1. The van der Waals surface area contributed by atoms with Crippen molar-refractivity contribution in [3.05, 3.63) is 65.4 Å². The molecule has 2 N–H and O–H groups in total. The van der Waals surface area contributed by atoms with Crippen molar-refractivity contribution >= 4 is 34.8 Å². The maximum Gasteiger partial charge on any atom is 0.260 e. The summed E-state index contributed by atoms with van der Waals surface area (Å²) in [4.78, 5) is 26.5. The second-order valence-corrected chi connectivity index (χ2v) is 7.28. The minimum atomic E-state index is -0.117. The fourth-order valence-corrected chi connectivity index (χ4v) is 3.82. The summed E-state index contributed by atoms with van der Waals surface area (Å²) < 4.78 is 11.0. The van der Waals surface area contributed by atoms with Gasteiger partial charge in [-0.3, -0.25) is 9.59 Å². The van der Waals surface area contributed by atoms with Crippen molar-refractivity contribution in [2.24, 2.45) is 0 Å². The molecule has 0 saturated carbocycles. The molecule has 3 aliphatic rings. The number of fused-ring (bicyclic) bond motifs is 2. The van der Waals surface area contributed by atoms with Crippen LogP contribution >= 0.6 is 0 Å². The van der Waals surface area contributed by atoms with E-state index in [4.69, 9.17) is 9.47 Å². The first kappa shape index (κ1) is 18.4. The molecule has 7 heteroatoms. The van der Waals surface area contributed by atoms with Crippen LogP contribution in [0.4, 0.5) is 11.4 Å². The number of benzene rings is 2. The molecule has 1 saturated heterocycles. The molecule has 5 rings (SSSR count). The third-order valence-corrected chi connectivity index (χ3v) is 5.39. The highest BCUT2D eigenvalue weighted by atomic mass is 16.5. The van der Waals surface area contributed by atoms with Gasteiger partial charge in [-0.1, -0.05) is 24.3 Å². The molecule has 1 fully saturated rings. The fourth-order valence-electron chi connectivity index (χ4n) is 3.82. The predicted octanol–water partition coefficient (Wildman–Crippen LogP) is 2.73. The lowest BCUT2D eigenvalue weighted by Gasteiger charge is -2.26. The topological polar surface area (TPSA) is 79.9 Å². The molecule has 0 bridgehead atoms. The SMILES string of the molecule is O=C1Nc2ccccc2/C1=C1\C=Cc2cc(OCC(=O)N3CCOCC3)ccc2N1. The number of nitrogens with one attached hydrogen (secondary N) is 2. The Hall–Kier alpha value is -3.58. The number of ether oxygens (including phenoxy) is 2. The van der Waals surface area contributed by atoms with E-state index in [2.05, 4.69) is 10.6 Å². The Morgan fingerprint density at radius 3 is 2.73 bits per heavy atom. The summed E-state index contributed by atoms with van der Waals surface area (Å²) in [6.45, 7) is 2.35. The van der Waals surface area contributed by atoms with Crippen LogP contribution in [0, 0.1) is 0 Å². The summed E-state index contributed by atoms with van der Waals surface area (Å²) in [5.74, 6) is 0.470. The lowest BCUT2D eigenvalue weighted by molar-refractivity contribution is -0.137. The van der Waals surface area contributed by atoms with Crippen LogP contribution in [0.3, 0.4) is 0 Å². The second kappa shape index (κ2) is 7.68. The first-order valence-corrected chi connectivity index (χ1v) is 9.91. The van der Waals surface area contributed by atoms with E-state index in [-0.39, 0.29) is 18.4 Å². The van der Waals surface area contributed by atoms with Crippen LogP contribution in [0.2, 0.25) is 0 Å². The van der Waals surface area contributed by atoms with Crippen molar-refractivity contribution in [1.29, 1.82) is 0 Å². The van der Waals surface area contributed by atoms with Crippen molar-refractivity contribution in [1.82, 2.24) is 4.90 Å². The van der Waals surface area contributed by atoms with E-state index in [1.807, 2.05) is 54.6 Å². The van der Waals surface area contributed by atoms with E-state index in [0.29, 0.717) is 37.6 Å². The second-order valence-electron chi connectivity index (χ2n) is 7.28. The molecule has 3 aliphatic heterocycles. The van der Waals surface area contributed by atoms with Gasteiger partial charge in [0.15, 0.2) is 6.61 Å². The summed E-state index contributed by atoms with van der Waals surface area (Å²) in [6, 6.07) is 13.2. The van der Waals surface area contributed by atoms with Gasteiger partial charge in [0.05, 0.1) is 24.5 Å². The average molecular weight is 403 g/mol. The Labute approximate surface area is 174 Å². The number of amides is 2. The Morgan fingerprint density at radius 2 is 1.87 bits per heavy atom. The van der Waals surface area contributed by atoms with Crippen molar-refractivity contribution in [2.75, 3.05) is 43.5 Å². The molecule has 0 aromatic heterocycles. The smallest absolute Gasteiger partial charge is 0.260 e. The van der Waals surface area contributed by atoms with Gasteiger partial charge in [-0.15, -0.1) is 0 Å². The zero-order chi connectivity index (χ0) is 20.5. The molecule has 152 valence electrons. The normalized spacial score (nSPS) is 19.6. The van der Waals surface area contributed by atoms with E-state index in [9.17, 15) is 9.59 Å². The van der Waals surface area contributed by atoms with Crippen molar-refractivity contribution in [2.45, 2.75) is 0 Å². The van der Waals surface area contributed by atoms with Gasteiger partial charge in [0, 0.05) is 35.6 Å². The van der Waals surface area contributed by atoms with Crippen LogP contribution < -0.4 is 15.4 Å². The van der Waals surface area contributed by atoms with Gasteiger partial charge in [0.1, 0.15) is 5.75 Å². The van der Waals surface area contributed by atoms with Gasteiger partial charge in [-0.25, -0.2) is 0 Å². The van der Waals surface area contributed by atoms with E-state index in [1.165, 1.54) is 0 Å². The maximum atomic E-state index is 12.5. The molecule has 3 heterocycles. The summed E-state index contributed by atoms with van der Waals surface area (Å²) in [7, 11) is 0. The number of anilines is 2. The highest BCUT2D eigenvalue weighted by Crippen LogP contribution is 2.37. The quantitative estimate of drug-likeness (QED) is 0.771. The number of rotatable bonds is 3. The predicted molar refractivity (Wildman–Crippen MR) is 114 cm³/mol. The first-order valence-electron chi connectivity index (χ1n) is 9.91. The zero-order valence-electron chi connectivity index (χ0n) is 16.3. The van der Waals surface area contributed by atoms with E-state index in [1.54, 1.807) is 4.90 Å². The van der Waals surface area contributed by atoms with Crippen LogP contribution in [0.5, 0.6) is 5.75 Å². The average Bonchev–Trinajstić information content (AvgIpc) is 3.13. The number of hydrogen-bond acceptors (Lipinski definition) is 5. The van der Waals surface area contributed by atoms with Crippen molar-refractivity contribution in [3.63, 3.8) is 0 Å². The number of hydrogen-bond donors (Lipinski definition) is 2. The molecular weight excluding hydrogens is 382 g/mol. The van der Waals surface area contributed by atoms with Gasteiger partial charge in [-0.2, -0.15) is 0 Å². The molecule has 0 atom stereocenters. The standard InChI is InChI=1S/C23H21N3O4/c27-21(26-9-11-29-12-10-26)14-30-16-6-8-18-15(13-16)5-7-20(24-18)22-17-3-1-2-4-19(17)25-23(22)28/h1-8,13,24H,9-12,14H2,(H,25,28)/b22-20-. The Balaban J connectivity index is 1.32. The maximum absolute atomic E-state index is 12.5. The van der Waals surface area contributed by atoms with Gasteiger partial charge in [0.2, 0.25) is 0 Å². The highest BCUT2D eigenvalue weighted by molar-refractivity contribution is 6.33. The number of para-hydroxylation sites is 1. The van der Waals surface area contributed by atoms with Crippen LogP contribution in [0.15, 0.2) is 54.2 Å². The van der Waals surface area contributed by atoms with Crippen LogP contribution in [-0.4, -0.2) is 49.6 Å². The van der Waals surface area contributed by atoms with E-state index < -0.39 is 0 Å². The molecule has 0 spiro atoms. The largest absolute Gasteiger partial charge is 0.484 e. The lowest BCUT2D eigenvalue weighted by atomic mass is 10.0. The van der Waals surface area contributed by atoms with Gasteiger partial charge in [-0.05, 0) is 30.3 Å². The highest BCUT2D eigenvalue weighted by Gasteiger charge is 2.27. The number of carbonyl (C=O) groups is 2. The summed E-state index contributed by atoms with van der Waals surface area (Å²) >= 11 is 0. The Bertz CT molecular complexity index is 1080. The Morgan fingerprint density at radius 1 is 1.03 bits per heavy atom. The summed E-state index contributed by atoms with van der Waals surface area (Å²) in [5, 5.41) is 6.24. The molecule has 30 heavy (non-hydrogen) atoms. The van der Waals surface area contributed by atoms with E-state index >= 15 is 0 Å². The van der Waals surface area contributed by atoms with Crippen molar-refractivity contribution < 1.29 is 19.1 Å². The molecule has 0 unspecified atom stereocenters. The molecule has 0 aliphatic carbocycles. The summed E-state index contributed by atoms with van der Waals surface area (Å²) in [6.07, 6.45) is 3.83. The van der Waals surface area contributed by atoms with Gasteiger partial charge < -0.3 is 25.0 Å². The summed E-state index contributed by atoms with van der Waals surface area (Å²) in [5.41, 5.74) is 4.90. The third-order valence-electron chi connectivity index (χ3n) is 5.39. The van der Waals surface area contributed by atoms with E-state index in [0.717, 1.165) is 28.2 Å². The molecule has 2 amide bonds. The number of carbonyl (C=O) groups excluding carboxylic acids is 2. The minimum Gasteiger partial charge on any atom is -0.484 e. The lowest BCUT2D eigenvalue weighted by Crippen LogP contribution is -2.42. The molecule has 2 aromatic carbocycles.